The van der Waals surface area contributed by atoms with Crippen LogP contribution >= 0.6 is 0 Å². The molecule has 0 aliphatic heterocycles. The second kappa shape index (κ2) is 5.64. The van der Waals surface area contributed by atoms with E-state index in [4.69, 9.17) is 3.07 Å². The van der Waals surface area contributed by atoms with Crippen LogP contribution in [0.1, 0.15) is 20.3 Å². The van der Waals surface area contributed by atoms with E-state index in [-0.39, 0.29) is 5.60 Å². The van der Waals surface area contributed by atoms with E-state index >= 15 is 0 Å². The van der Waals surface area contributed by atoms with E-state index in [1.54, 1.807) is 0 Å². The molecule has 0 spiro atoms. The molecule has 0 bridgehead atoms. The molecule has 0 saturated heterocycles. The number of rotatable bonds is 3. The van der Waals surface area contributed by atoms with Crippen molar-refractivity contribution in [2.45, 2.75) is 55.5 Å². The topological polar surface area (TPSA) is 9.23 Å². The fraction of sp³-hybridized carbons (Fsp3) is 0.833. The summed E-state index contributed by atoms with van der Waals surface area (Å²) in [6.45, 7) is 4.32. The van der Waals surface area contributed by atoms with Crippen LogP contribution in [0.15, 0.2) is 0 Å². The number of hydrogen-bond donors (Lipinski definition) is 0. The van der Waals surface area contributed by atoms with Gasteiger partial charge in [0.05, 0.1) is 0 Å². The Balaban J connectivity index is 4.78. The Bertz CT molecular complexity index is 262. The Kier molecular flexibility index (Phi) is 6.06. The molecule has 0 amide bonds. The molecule has 0 rings (SSSR count). The van der Waals surface area contributed by atoms with Gasteiger partial charge in [-0.2, -0.15) is 0 Å². The van der Waals surface area contributed by atoms with Gasteiger partial charge in [0, 0.05) is 0 Å². The van der Waals surface area contributed by atoms with Crippen LogP contribution in [0.25, 0.3) is 0 Å². The van der Waals surface area contributed by atoms with Crippen molar-refractivity contribution in [3.8, 4) is 9.86 Å². The molecule has 0 aromatic heterocycles. The molecule has 0 saturated carbocycles. The molecular formula is C12H26OSn2. The molecule has 15 heavy (non-hydrogen) atoms. The van der Waals surface area contributed by atoms with E-state index in [1.807, 2.05) is 0 Å². The minimum absolute atomic E-state index is 0.182. The molecule has 1 atom stereocenters. The van der Waals surface area contributed by atoms with Crippen molar-refractivity contribution in [3.63, 3.8) is 0 Å². The van der Waals surface area contributed by atoms with E-state index in [0.29, 0.717) is 0 Å². The van der Waals surface area contributed by atoms with Gasteiger partial charge in [-0.25, -0.2) is 0 Å². The minimum atomic E-state index is -2.19. The van der Waals surface area contributed by atoms with Gasteiger partial charge in [-0.3, -0.25) is 0 Å². The standard InChI is InChI=1S/C6H8O.6CH3.2Sn/c1-4-6(3,7)5-2;;;;;;;;/h4H2,1,3H3;6*1H3;;/q-1;;;;;;;;+1. The predicted octanol–water partition coefficient (Wildman–Crippen LogP) is 3.89. The molecule has 0 aromatic carbocycles. The Morgan fingerprint density at radius 3 is 1.80 bits per heavy atom. The Labute approximate surface area is 105 Å². The maximum atomic E-state index is 6.24. The van der Waals surface area contributed by atoms with Gasteiger partial charge in [-0.15, -0.1) is 0 Å². The van der Waals surface area contributed by atoms with E-state index in [1.165, 1.54) is 0 Å². The summed E-state index contributed by atoms with van der Waals surface area (Å²) in [5.41, 5.74) is -0.182. The quantitative estimate of drug-likeness (QED) is 0.494. The summed E-state index contributed by atoms with van der Waals surface area (Å²) in [5, 5.41) is 0. The van der Waals surface area contributed by atoms with Crippen LogP contribution in [0.5, 0.6) is 0 Å². The first-order valence-electron chi connectivity index (χ1n) is 5.72. The molecule has 3 heteroatoms. The van der Waals surface area contributed by atoms with Crippen LogP contribution < -0.4 is 0 Å². The fourth-order valence-corrected chi connectivity index (χ4v) is 7.42. The van der Waals surface area contributed by atoms with Crippen molar-refractivity contribution >= 4 is 37.2 Å². The summed E-state index contributed by atoms with van der Waals surface area (Å²) in [4.78, 5) is 13.9. The molecule has 0 N–H and O–H groups in total. The summed E-state index contributed by atoms with van der Waals surface area (Å²) >= 11 is -4.15. The van der Waals surface area contributed by atoms with Gasteiger partial charge in [0.25, 0.3) is 0 Å². The monoisotopic (exact) mass is 426 g/mol. The Morgan fingerprint density at radius 1 is 1.07 bits per heavy atom. The van der Waals surface area contributed by atoms with Crippen molar-refractivity contribution in [2.24, 2.45) is 0 Å². The Hall–Kier alpha value is 1.12. The first kappa shape index (κ1) is 16.1. The molecule has 1 unspecified atom stereocenters. The molecule has 0 aliphatic rings. The normalized spacial score (nSPS) is 16.5. The van der Waals surface area contributed by atoms with E-state index in [9.17, 15) is 0 Å². The molecule has 88 valence electrons. The van der Waals surface area contributed by atoms with E-state index in [0.717, 1.165) is 6.42 Å². The zero-order valence-electron chi connectivity index (χ0n) is 11.6. The maximum absolute atomic E-state index is 6.24. The third kappa shape index (κ3) is 8.88. The summed E-state index contributed by atoms with van der Waals surface area (Å²) in [5.74, 6) is 3.42. The predicted molar refractivity (Wildman–Crippen MR) is 74.2 cm³/mol. The average Bonchev–Trinajstić information content (AvgIpc) is 1.97. The van der Waals surface area contributed by atoms with Crippen LogP contribution in [0, 0.1) is 9.86 Å². The SMILES string of the molecule is CCC(C)(C#[C][Sn]([CH3])([CH3])[CH3])[O][Sn]([CH3])([CH3])[CH3]. The van der Waals surface area contributed by atoms with E-state index in [2.05, 4.69) is 53.3 Å². The van der Waals surface area contributed by atoms with Crippen LogP contribution in [0.3, 0.4) is 0 Å². The molecule has 0 heterocycles. The van der Waals surface area contributed by atoms with Crippen LogP contribution in [0.4, 0.5) is 0 Å². The molecule has 0 aliphatic carbocycles. The van der Waals surface area contributed by atoms with Crippen LogP contribution in [-0.4, -0.2) is 42.8 Å². The summed E-state index contributed by atoms with van der Waals surface area (Å²) in [6.07, 6.45) is 0.996. The van der Waals surface area contributed by atoms with Crippen molar-refractivity contribution in [1.82, 2.24) is 0 Å². The van der Waals surface area contributed by atoms with Gasteiger partial charge in [0.1, 0.15) is 0 Å². The van der Waals surface area contributed by atoms with Gasteiger partial charge in [-0.1, -0.05) is 0 Å². The van der Waals surface area contributed by atoms with Crippen LogP contribution in [0.2, 0.25) is 29.6 Å². The fourth-order valence-electron chi connectivity index (χ4n) is 1.18. The summed E-state index contributed by atoms with van der Waals surface area (Å²) in [6, 6.07) is 0. The average molecular weight is 424 g/mol. The summed E-state index contributed by atoms with van der Waals surface area (Å²) in [7, 11) is 0. The second-order valence-electron chi connectivity index (χ2n) is 6.30. The van der Waals surface area contributed by atoms with Crippen molar-refractivity contribution in [3.05, 3.63) is 0 Å². The van der Waals surface area contributed by atoms with Gasteiger partial charge < -0.3 is 0 Å². The van der Waals surface area contributed by atoms with Gasteiger partial charge >= 0.3 is 106 Å². The summed E-state index contributed by atoms with van der Waals surface area (Å²) < 4.78 is 9.74. The first-order chi connectivity index (χ1) is 6.47. The van der Waals surface area contributed by atoms with Gasteiger partial charge in [0.2, 0.25) is 0 Å². The third-order valence-electron chi connectivity index (χ3n) is 1.91. The molecular weight excluding hydrogens is 398 g/mol. The van der Waals surface area contributed by atoms with Gasteiger partial charge in [-0.05, 0) is 0 Å². The molecule has 0 radical (unpaired) electrons. The Morgan fingerprint density at radius 2 is 1.53 bits per heavy atom. The molecule has 0 aromatic rings. The van der Waals surface area contributed by atoms with Crippen molar-refractivity contribution in [1.29, 1.82) is 0 Å². The van der Waals surface area contributed by atoms with Gasteiger partial charge in [0.15, 0.2) is 0 Å². The molecule has 0 fully saturated rings. The zero-order valence-corrected chi connectivity index (χ0v) is 17.3. The van der Waals surface area contributed by atoms with Crippen molar-refractivity contribution in [2.75, 3.05) is 0 Å². The number of hydrogen-bond acceptors (Lipinski definition) is 1. The first-order valence-corrected chi connectivity index (χ1v) is 25.4. The third-order valence-corrected chi connectivity index (χ3v) is 7.44. The van der Waals surface area contributed by atoms with E-state index < -0.39 is 37.2 Å². The second-order valence-corrected chi connectivity index (χ2v) is 32.5. The molecule has 1 nitrogen and oxygen atoms in total. The van der Waals surface area contributed by atoms with Crippen molar-refractivity contribution < 1.29 is 3.07 Å². The zero-order chi connectivity index (χ0) is 12.3. The van der Waals surface area contributed by atoms with Crippen LogP contribution in [-0.2, 0) is 3.07 Å².